The summed E-state index contributed by atoms with van der Waals surface area (Å²) < 4.78 is 0. The highest BCUT2D eigenvalue weighted by atomic mass is 16.3. The maximum Gasteiger partial charge on any atom is 0.207 e. The van der Waals surface area contributed by atoms with Crippen molar-refractivity contribution in [1.82, 2.24) is 5.32 Å². The zero-order valence-electron chi connectivity index (χ0n) is 6.34. The number of nitrogens with one attached hydrogen (secondary N) is 1. The number of amides is 1. The molecule has 2 N–H and O–H groups in total. The number of aliphatic hydroxyl groups is 1. The molecule has 10 heavy (non-hydrogen) atoms. The summed E-state index contributed by atoms with van der Waals surface area (Å²) in [5.41, 5.74) is 0. The molecular formula is C7H15NO2. The lowest BCUT2D eigenvalue weighted by molar-refractivity contribution is -0.109. The first-order chi connectivity index (χ1) is 4.77. The number of carbonyl (C=O) groups is 1. The fourth-order valence-electron chi connectivity index (χ4n) is 0.726. The predicted molar refractivity (Wildman–Crippen MR) is 39.6 cm³/mol. The first kappa shape index (κ1) is 9.43. The van der Waals surface area contributed by atoms with E-state index >= 15 is 0 Å². The highest BCUT2D eigenvalue weighted by Gasteiger charge is 1.93. The number of aliphatic hydroxyl groups excluding tert-OH is 1. The minimum atomic E-state index is -0.212. The molecule has 60 valence electrons. The van der Waals surface area contributed by atoms with Crippen molar-refractivity contribution in [3.63, 3.8) is 0 Å². The summed E-state index contributed by atoms with van der Waals surface area (Å²) in [5, 5.41) is 11.4. The van der Waals surface area contributed by atoms with Gasteiger partial charge in [0.05, 0.1) is 6.10 Å². The van der Waals surface area contributed by atoms with E-state index in [-0.39, 0.29) is 6.10 Å². The summed E-state index contributed by atoms with van der Waals surface area (Å²) in [6, 6.07) is 0. The normalized spacial score (nSPS) is 12.6. The first-order valence-electron chi connectivity index (χ1n) is 3.62. The van der Waals surface area contributed by atoms with Gasteiger partial charge in [0, 0.05) is 6.54 Å². The van der Waals surface area contributed by atoms with Crippen LogP contribution in [0, 0.1) is 0 Å². The molecule has 0 aliphatic rings. The molecule has 1 atom stereocenters. The Hall–Kier alpha value is -0.570. The van der Waals surface area contributed by atoms with Gasteiger partial charge < -0.3 is 10.4 Å². The number of hydrogen-bond acceptors (Lipinski definition) is 2. The minimum absolute atomic E-state index is 0.212. The van der Waals surface area contributed by atoms with Crippen LogP contribution in [0.25, 0.3) is 0 Å². The van der Waals surface area contributed by atoms with Gasteiger partial charge in [-0.15, -0.1) is 0 Å². The third-order valence-electron chi connectivity index (χ3n) is 1.28. The Kier molecular flexibility index (Phi) is 6.18. The van der Waals surface area contributed by atoms with Crippen LogP contribution in [0.5, 0.6) is 0 Å². The van der Waals surface area contributed by atoms with Crippen LogP contribution in [0.2, 0.25) is 0 Å². The number of hydrogen-bond donors (Lipinski definition) is 2. The average Bonchev–Trinajstić information content (AvgIpc) is 1.87. The third-order valence-corrected chi connectivity index (χ3v) is 1.28. The second-order valence-corrected chi connectivity index (χ2v) is 2.42. The lowest BCUT2D eigenvalue weighted by Gasteiger charge is -2.02. The summed E-state index contributed by atoms with van der Waals surface area (Å²) in [7, 11) is 0. The van der Waals surface area contributed by atoms with Crippen LogP contribution in [0.15, 0.2) is 0 Å². The van der Waals surface area contributed by atoms with Crippen molar-refractivity contribution in [1.29, 1.82) is 0 Å². The molecule has 0 aromatic carbocycles. The molecule has 0 radical (unpaired) electrons. The zero-order valence-corrected chi connectivity index (χ0v) is 6.34. The molecule has 3 nitrogen and oxygen atoms in total. The Morgan fingerprint density at radius 1 is 1.60 bits per heavy atom. The van der Waals surface area contributed by atoms with Gasteiger partial charge in [0.2, 0.25) is 6.41 Å². The molecule has 0 aromatic rings. The van der Waals surface area contributed by atoms with Crippen molar-refractivity contribution in [3.05, 3.63) is 0 Å². The molecule has 0 fully saturated rings. The van der Waals surface area contributed by atoms with E-state index in [1.807, 2.05) is 0 Å². The molecule has 0 bridgehead atoms. The van der Waals surface area contributed by atoms with E-state index in [1.165, 1.54) is 0 Å². The van der Waals surface area contributed by atoms with Gasteiger partial charge in [0.15, 0.2) is 0 Å². The molecule has 0 heterocycles. The van der Waals surface area contributed by atoms with Crippen LogP contribution < -0.4 is 5.32 Å². The van der Waals surface area contributed by atoms with Crippen molar-refractivity contribution in [2.24, 2.45) is 0 Å². The average molecular weight is 145 g/mol. The Morgan fingerprint density at radius 3 is 2.80 bits per heavy atom. The zero-order chi connectivity index (χ0) is 7.82. The maximum atomic E-state index is 9.74. The number of carbonyl (C=O) groups excluding carboxylic acids is 1. The Balaban J connectivity index is 2.83. The lowest BCUT2D eigenvalue weighted by Crippen LogP contribution is -2.12. The van der Waals surface area contributed by atoms with Crippen LogP contribution in [0.4, 0.5) is 0 Å². The van der Waals surface area contributed by atoms with E-state index in [1.54, 1.807) is 6.92 Å². The highest BCUT2D eigenvalue weighted by molar-refractivity contribution is 5.45. The van der Waals surface area contributed by atoms with Gasteiger partial charge in [-0.05, 0) is 26.2 Å². The molecule has 0 aromatic heterocycles. The van der Waals surface area contributed by atoms with E-state index in [2.05, 4.69) is 5.32 Å². The lowest BCUT2D eigenvalue weighted by atomic mass is 10.2. The minimum Gasteiger partial charge on any atom is -0.393 e. The molecule has 0 aliphatic heterocycles. The fraction of sp³-hybridized carbons (Fsp3) is 0.857. The van der Waals surface area contributed by atoms with Crippen LogP contribution in [-0.4, -0.2) is 24.2 Å². The summed E-state index contributed by atoms with van der Waals surface area (Å²) >= 11 is 0. The molecule has 0 rings (SSSR count). The van der Waals surface area contributed by atoms with Crippen molar-refractivity contribution >= 4 is 6.41 Å². The smallest absolute Gasteiger partial charge is 0.207 e. The topological polar surface area (TPSA) is 49.3 Å². The van der Waals surface area contributed by atoms with Gasteiger partial charge in [-0.3, -0.25) is 4.79 Å². The van der Waals surface area contributed by atoms with E-state index in [9.17, 15) is 4.79 Å². The monoisotopic (exact) mass is 145 g/mol. The molecule has 0 aliphatic carbocycles. The standard InChI is InChI=1S/C7H15NO2/c1-7(10)4-2-3-5-8-6-9/h6-7,10H,2-5H2,1H3,(H,8,9)/t7-/m1/s1. The summed E-state index contributed by atoms with van der Waals surface area (Å²) in [6.07, 6.45) is 3.22. The highest BCUT2D eigenvalue weighted by Crippen LogP contribution is 1.97. The SMILES string of the molecule is C[C@@H](O)CCCCNC=O. The van der Waals surface area contributed by atoms with Crippen molar-refractivity contribution in [3.8, 4) is 0 Å². The summed E-state index contributed by atoms with van der Waals surface area (Å²) in [4.78, 5) is 9.74. The molecule has 3 heteroatoms. The second kappa shape index (κ2) is 6.55. The van der Waals surface area contributed by atoms with Gasteiger partial charge in [0.1, 0.15) is 0 Å². The van der Waals surface area contributed by atoms with Crippen molar-refractivity contribution in [2.75, 3.05) is 6.54 Å². The Bertz CT molecular complexity index is 83.7. The Morgan fingerprint density at radius 2 is 2.30 bits per heavy atom. The molecule has 1 amide bonds. The first-order valence-corrected chi connectivity index (χ1v) is 3.62. The van der Waals surface area contributed by atoms with Gasteiger partial charge >= 0.3 is 0 Å². The van der Waals surface area contributed by atoms with Crippen LogP contribution >= 0.6 is 0 Å². The van der Waals surface area contributed by atoms with Gasteiger partial charge in [-0.2, -0.15) is 0 Å². The van der Waals surface area contributed by atoms with E-state index in [0.29, 0.717) is 6.41 Å². The number of rotatable bonds is 6. The molecule has 0 spiro atoms. The van der Waals surface area contributed by atoms with Crippen molar-refractivity contribution < 1.29 is 9.90 Å². The molecule has 0 saturated carbocycles. The van der Waals surface area contributed by atoms with E-state index in [4.69, 9.17) is 5.11 Å². The largest absolute Gasteiger partial charge is 0.393 e. The van der Waals surface area contributed by atoms with Crippen LogP contribution in [0.3, 0.4) is 0 Å². The molecule has 0 unspecified atom stereocenters. The van der Waals surface area contributed by atoms with Gasteiger partial charge in [-0.1, -0.05) is 0 Å². The second-order valence-electron chi connectivity index (χ2n) is 2.42. The molecule has 0 saturated heterocycles. The molecular weight excluding hydrogens is 130 g/mol. The van der Waals surface area contributed by atoms with E-state index < -0.39 is 0 Å². The maximum absolute atomic E-state index is 9.74. The summed E-state index contributed by atoms with van der Waals surface area (Å²) in [5.74, 6) is 0. The number of unbranched alkanes of at least 4 members (excludes halogenated alkanes) is 1. The van der Waals surface area contributed by atoms with Gasteiger partial charge in [0.25, 0.3) is 0 Å². The van der Waals surface area contributed by atoms with Crippen LogP contribution in [-0.2, 0) is 4.79 Å². The quantitative estimate of drug-likeness (QED) is 0.416. The van der Waals surface area contributed by atoms with E-state index in [0.717, 1.165) is 25.8 Å². The third kappa shape index (κ3) is 7.43. The van der Waals surface area contributed by atoms with Gasteiger partial charge in [-0.25, -0.2) is 0 Å². The summed E-state index contributed by atoms with van der Waals surface area (Å²) in [6.45, 7) is 2.49. The predicted octanol–water partition coefficient (Wildman–Crippen LogP) is 0.283. The Labute approximate surface area is 61.4 Å². The fourth-order valence-corrected chi connectivity index (χ4v) is 0.726. The van der Waals surface area contributed by atoms with Crippen molar-refractivity contribution in [2.45, 2.75) is 32.3 Å². The van der Waals surface area contributed by atoms with Crippen LogP contribution in [0.1, 0.15) is 26.2 Å².